The average molecular weight is 408 g/mol. The Hall–Kier alpha value is -3.17. The molecule has 7 nitrogen and oxygen atoms in total. The van der Waals surface area contributed by atoms with E-state index in [1.54, 1.807) is 0 Å². The third kappa shape index (κ3) is 4.01. The van der Waals surface area contributed by atoms with Crippen molar-refractivity contribution in [3.05, 3.63) is 53.2 Å². The standard InChI is InChI=1S/C19H19F3N4O3/c1-19(17(22)15(7-20)29-18(23)26-19)11-5-10(3-4-12(11)21)6-14(27)13-8-25-16(28-2)9-24-13/h3-5,8-9,15,17H,6-7H2,1-2H3,(H2,23,26)/t15-,17+,19-/m1/s1. The number of nitrogens with zero attached hydrogens (tertiary/aromatic N) is 3. The average Bonchev–Trinajstić information content (AvgIpc) is 2.72. The Morgan fingerprint density at radius 3 is 2.72 bits per heavy atom. The maximum atomic E-state index is 14.9. The van der Waals surface area contributed by atoms with Crippen molar-refractivity contribution in [3.63, 3.8) is 0 Å². The normalized spacial score (nSPS) is 23.8. The van der Waals surface area contributed by atoms with E-state index in [2.05, 4.69) is 15.0 Å². The van der Waals surface area contributed by atoms with Crippen molar-refractivity contribution in [3.8, 4) is 5.88 Å². The van der Waals surface area contributed by atoms with E-state index in [9.17, 15) is 18.0 Å². The van der Waals surface area contributed by atoms with Crippen LogP contribution in [0, 0.1) is 5.82 Å². The molecule has 0 fully saturated rings. The van der Waals surface area contributed by atoms with Gasteiger partial charge in [0.2, 0.25) is 5.88 Å². The second kappa shape index (κ2) is 8.06. The number of Topliss-reactive ketones (excluding diaryl/α,β-unsaturated/α-hetero) is 1. The quantitative estimate of drug-likeness (QED) is 0.737. The van der Waals surface area contributed by atoms with Crippen LogP contribution in [-0.2, 0) is 16.7 Å². The van der Waals surface area contributed by atoms with E-state index in [1.165, 1.54) is 38.6 Å². The molecule has 0 amide bonds. The molecule has 0 unspecified atom stereocenters. The van der Waals surface area contributed by atoms with E-state index in [0.29, 0.717) is 5.56 Å². The zero-order valence-corrected chi connectivity index (χ0v) is 15.7. The lowest BCUT2D eigenvalue weighted by molar-refractivity contribution is 0.00449. The summed E-state index contributed by atoms with van der Waals surface area (Å²) in [4.78, 5) is 24.2. The van der Waals surface area contributed by atoms with E-state index in [0.717, 1.165) is 6.07 Å². The van der Waals surface area contributed by atoms with Crippen molar-refractivity contribution < 1.29 is 27.4 Å². The number of carbonyl (C=O) groups is 1. The minimum absolute atomic E-state index is 0.0945. The van der Waals surface area contributed by atoms with Crippen molar-refractivity contribution in [1.82, 2.24) is 9.97 Å². The number of methoxy groups -OCH3 is 1. The van der Waals surface area contributed by atoms with Crippen LogP contribution in [0.5, 0.6) is 5.88 Å². The number of aromatic nitrogens is 2. The molecule has 0 radical (unpaired) electrons. The lowest BCUT2D eigenvalue weighted by Crippen LogP contribution is -2.50. The summed E-state index contributed by atoms with van der Waals surface area (Å²) < 4.78 is 52.3. The van der Waals surface area contributed by atoms with Gasteiger partial charge in [-0.1, -0.05) is 6.07 Å². The minimum atomic E-state index is -1.98. The molecule has 29 heavy (non-hydrogen) atoms. The van der Waals surface area contributed by atoms with Crippen LogP contribution in [-0.4, -0.2) is 47.8 Å². The van der Waals surface area contributed by atoms with Crippen molar-refractivity contribution in [2.45, 2.75) is 31.2 Å². The molecule has 2 N–H and O–H groups in total. The summed E-state index contributed by atoms with van der Waals surface area (Å²) in [6.07, 6.45) is -1.05. The molecular weight excluding hydrogens is 389 g/mol. The third-order valence-corrected chi connectivity index (χ3v) is 4.69. The van der Waals surface area contributed by atoms with E-state index in [-0.39, 0.29) is 29.3 Å². The van der Waals surface area contributed by atoms with Gasteiger partial charge in [-0.25, -0.2) is 28.1 Å². The van der Waals surface area contributed by atoms with Gasteiger partial charge in [-0.15, -0.1) is 0 Å². The summed E-state index contributed by atoms with van der Waals surface area (Å²) in [5.74, 6) is -0.882. The van der Waals surface area contributed by atoms with Crippen molar-refractivity contribution in [2.24, 2.45) is 10.7 Å². The predicted molar refractivity (Wildman–Crippen MR) is 97.7 cm³/mol. The highest BCUT2D eigenvalue weighted by Gasteiger charge is 2.48. The Bertz CT molecular complexity index is 939. The SMILES string of the molecule is COc1cnc(C(=O)Cc2ccc(F)c([C@@]3(C)N=C(N)O[C@H](CF)[C@@H]3F)c2)cn1. The second-order valence-electron chi connectivity index (χ2n) is 6.67. The first-order chi connectivity index (χ1) is 13.8. The smallest absolute Gasteiger partial charge is 0.283 e. The van der Waals surface area contributed by atoms with Crippen LogP contribution in [0.15, 0.2) is 35.6 Å². The highest BCUT2D eigenvalue weighted by atomic mass is 19.1. The lowest BCUT2D eigenvalue weighted by atomic mass is 9.83. The second-order valence-corrected chi connectivity index (χ2v) is 6.67. The Balaban J connectivity index is 1.91. The molecule has 0 aliphatic carbocycles. The van der Waals surface area contributed by atoms with Crippen LogP contribution in [0.1, 0.15) is 28.5 Å². The molecule has 154 valence electrons. The first-order valence-electron chi connectivity index (χ1n) is 8.68. The summed E-state index contributed by atoms with van der Waals surface area (Å²) in [5, 5.41) is 0. The van der Waals surface area contributed by atoms with Gasteiger partial charge in [0.05, 0.1) is 19.5 Å². The highest BCUT2D eigenvalue weighted by Crippen LogP contribution is 2.38. The number of nitrogens with two attached hydrogens (primary N) is 1. The van der Waals surface area contributed by atoms with Gasteiger partial charge in [0.25, 0.3) is 6.02 Å². The number of aliphatic imine (C=N–C) groups is 1. The molecule has 2 aromatic rings. The minimum Gasteiger partial charge on any atom is -0.480 e. The lowest BCUT2D eigenvalue weighted by Gasteiger charge is -2.37. The number of hydrogen-bond donors (Lipinski definition) is 1. The number of carbonyl (C=O) groups excluding carboxylic acids is 1. The molecule has 3 atom stereocenters. The molecule has 1 aliphatic rings. The largest absolute Gasteiger partial charge is 0.480 e. The number of ether oxygens (including phenoxy) is 2. The number of hydrogen-bond acceptors (Lipinski definition) is 7. The zero-order chi connectivity index (χ0) is 21.2. The van der Waals surface area contributed by atoms with Crippen molar-refractivity contribution >= 4 is 11.8 Å². The van der Waals surface area contributed by atoms with Gasteiger partial charge in [-0.3, -0.25) is 4.79 Å². The van der Waals surface area contributed by atoms with Crippen LogP contribution in [0.2, 0.25) is 0 Å². The molecule has 0 saturated heterocycles. The highest BCUT2D eigenvalue weighted by molar-refractivity contribution is 5.95. The summed E-state index contributed by atoms with van der Waals surface area (Å²) in [5.41, 5.74) is 4.07. The van der Waals surface area contributed by atoms with Crippen LogP contribution >= 0.6 is 0 Å². The maximum Gasteiger partial charge on any atom is 0.283 e. The molecule has 1 aliphatic heterocycles. The topological polar surface area (TPSA) is 99.7 Å². The summed E-state index contributed by atoms with van der Waals surface area (Å²) >= 11 is 0. The predicted octanol–water partition coefficient (Wildman–Crippen LogP) is 2.29. The molecule has 1 aromatic heterocycles. The maximum absolute atomic E-state index is 14.9. The van der Waals surface area contributed by atoms with E-state index in [4.69, 9.17) is 15.2 Å². The Kier molecular flexibility index (Phi) is 5.71. The Labute approximate surface area is 164 Å². The first kappa shape index (κ1) is 20.6. The zero-order valence-electron chi connectivity index (χ0n) is 15.7. The van der Waals surface area contributed by atoms with Crippen molar-refractivity contribution in [1.29, 1.82) is 0 Å². The monoisotopic (exact) mass is 408 g/mol. The van der Waals surface area contributed by atoms with Crippen LogP contribution in [0.3, 0.4) is 0 Å². The molecule has 10 heteroatoms. The molecular formula is C19H19F3N4O3. The molecule has 2 heterocycles. The molecule has 0 saturated carbocycles. The molecule has 1 aromatic carbocycles. The van der Waals surface area contributed by atoms with E-state index >= 15 is 0 Å². The van der Waals surface area contributed by atoms with Gasteiger partial charge >= 0.3 is 0 Å². The summed E-state index contributed by atoms with van der Waals surface area (Å²) in [6, 6.07) is 3.37. The van der Waals surface area contributed by atoms with Crippen LogP contribution < -0.4 is 10.5 Å². The number of alkyl halides is 2. The Morgan fingerprint density at radius 2 is 2.10 bits per heavy atom. The number of amidine groups is 1. The van der Waals surface area contributed by atoms with Gasteiger partial charge in [-0.05, 0) is 24.6 Å². The number of benzene rings is 1. The van der Waals surface area contributed by atoms with Gasteiger partial charge in [-0.2, -0.15) is 0 Å². The fraction of sp³-hybridized carbons (Fsp3) is 0.368. The summed E-state index contributed by atoms with van der Waals surface area (Å²) in [6.45, 7) is 0.150. The molecule has 0 bridgehead atoms. The summed E-state index contributed by atoms with van der Waals surface area (Å²) in [7, 11) is 1.42. The number of ketones is 1. The van der Waals surface area contributed by atoms with Gasteiger partial charge in [0.15, 0.2) is 18.1 Å². The van der Waals surface area contributed by atoms with Crippen molar-refractivity contribution in [2.75, 3.05) is 13.8 Å². The van der Waals surface area contributed by atoms with E-state index < -0.39 is 36.3 Å². The van der Waals surface area contributed by atoms with E-state index in [1.807, 2.05) is 0 Å². The van der Waals surface area contributed by atoms with Gasteiger partial charge in [0.1, 0.15) is 23.7 Å². The number of halogens is 3. The van der Waals surface area contributed by atoms with Gasteiger partial charge in [0, 0.05) is 12.0 Å². The fourth-order valence-electron chi connectivity index (χ4n) is 3.12. The van der Waals surface area contributed by atoms with Gasteiger partial charge < -0.3 is 15.2 Å². The fourth-order valence-corrected chi connectivity index (χ4v) is 3.12. The molecule has 3 rings (SSSR count). The Morgan fingerprint density at radius 1 is 1.34 bits per heavy atom. The molecule has 0 spiro atoms. The van der Waals surface area contributed by atoms with Crippen LogP contribution in [0.25, 0.3) is 0 Å². The first-order valence-corrected chi connectivity index (χ1v) is 8.68. The number of rotatable bonds is 6. The third-order valence-electron chi connectivity index (χ3n) is 4.69. The van der Waals surface area contributed by atoms with Crippen LogP contribution in [0.4, 0.5) is 13.2 Å².